The van der Waals surface area contributed by atoms with Crippen LogP contribution in [0.3, 0.4) is 0 Å². The van der Waals surface area contributed by atoms with Gasteiger partial charge in [-0.25, -0.2) is 4.72 Å². The van der Waals surface area contributed by atoms with Gasteiger partial charge in [0.1, 0.15) is 0 Å². The largest absolute Gasteiger partial charge is 0.303 e. The first kappa shape index (κ1) is 15.5. The highest BCUT2D eigenvalue weighted by Gasteiger charge is 2.27. The Morgan fingerprint density at radius 2 is 2.10 bits per heavy atom. The predicted molar refractivity (Wildman–Crippen MR) is 79.7 cm³/mol. The number of carbonyl (C=O) groups is 1. The second-order valence-corrected chi connectivity index (χ2v) is 7.82. The van der Waals surface area contributed by atoms with Crippen molar-refractivity contribution in [2.45, 2.75) is 32.6 Å². The topological polar surface area (TPSA) is 66.5 Å². The van der Waals surface area contributed by atoms with Crippen molar-refractivity contribution in [3.05, 3.63) is 22.4 Å². The fraction of sp³-hybridized carbons (Fsp3) is 0.615. The van der Waals surface area contributed by atoms with Gasteiger partial charge in [0, 0.05) is 23.9 Å². The zero-order valence-electron chi connectivity index (χ0n) is 11.5. The maximum absolute atomic E-state index is 12.1. The van der Waals surface area contributed by atoms with E-state index in [0.717, 1.165) is 24.1 Å². The summed E-state index contributed by atoms with van der Waals surface area (Å²) in [5.41, 5.74) is 0. The third-order valence-electron chi connectivity index (χ3n) is 3.42. The number of nitrogens with one attached hydrogen (secondary N) is 1. The minimum absolute atomic E-state index is 0.354. The summed E-state index contributed by atoms with van der Waals surface area (Å²) in [6.07, 6.45) is 3.34. The van der Waals surface area contributed by atoms with Gasteiger partial charge >= 0.3 is 10.2 Å². The Balaban J connectivity index is 1.92. The summed E-state index contributed by atoms with van der Waals surface area (Å²) in [6.45, 7) is 2.75. The molecule has 0 saturated carbocycles. The summed E-state index contributed by atoms with van der Waals surface area (Å²) in [6, 6.07) is 3.88. The van der Waals surface area contributed by atoms with Crippen molar-refractivity contribution in [2.24, 2.45) is 5.92 Å². The number of carbonyl (C=O) groups excluding carboxylic acids is 1. The molecule has 1 aromatic heterocycles. The van der Waals surface area contributed by atoms with Crippen molar-refractivity contribution in [3.63, 3.8) is 0 Å². The number of hydrogen-bond acceptors (Lipinski definition) is 4. The van der Waals surface area contributed by atoms with Gasteiger partial charge < -0.3 is 0 Å². The van der Waals surface area contributed by atoms with Crippen LogP contribution in [-0.4, -0.2) is 31.7 Å². The van der Waals surface area contributed by atoms with Crippen LogP contribution in [-0.2, 0) is 21.4 Å². The van der Waals surface area contributed by atoms with E-state index >= 15 is 0 Å². The van der Waals surface area contributed by atoms with Crippen LogP contribution in [0.25, 0.3) is 0 Å². The van der Waals surface area contributed by atoms with Crippen molar-refractivity contribution < 1.29 is 13.2 Å². The molecule has 1 aliphatic heterocycles. The molecule has 0 bridgehead atoms. The Bertz CT molecular complexity index is 534. The maximum Gasteiger partial charge on any atom is 0.303 e. The van der Waals surface area contributed by atoms with Crippen LogP contribution in [0.2, 0.25) is 0 Å². The molecule has 1 saturated heterocycles. The molecule has 2 rings (SSSR count). The summed E-state index contributed by atoms with van der Waals surface area (Å²) < 4.78 is 27.8. The quantitative estimate of drug-likeness (QED) is 0.900. The highest BCUT2D eigenvalue weighted by atomic mass is 32.2. The first-order valence-corrected chi connectivity index (χ1v) is 9.15. The molecule has 5 nitrogen and oxygen atoms in total. The first-order chi connectivity index (χ1) is 9.49. The number of rotatable bonds is 5. The molecule has 1 aromatic rings. The highest BCUT2D eigenvalue weighted by molar-refractivity contribution is 7.87. The third kappa shape index (κ3) is 4.04. The second kappa shape index (κ2) is 6.69. The highest BCUT2D eigenvalue weighted by Crippen LogP contribution is 2.16. The lowest BCUT2D eigenvalue weighted by Crippen LogP contribution is -2.47. The Morgan fingerprint density at radius 1 is 1.40 bits per heavy atom. The fourth-order valence-corrected chi connectivity index (χ4v) is 4.38. The summed E-state index contributed by atoms with van der Waals surface area (Å²) in [4.78, 5) is 13.1. The van der Waals surface area contributed by atoms with Gasteiger partial charge in [0.25, 0.3) is 0 Å². The zero-order chi connectivity index (χ0) is 14.6. The van der Waals surface area contributed by atoms with Crippen molar-refractivity contribution in [1.82, 2.24) is 9.03 Å². The van der Waals surface area contributed by atoms with E-state index in [1.807, 2.05) is 17.5 Å². The Morgan fingerprint density at radius 3 is 2.70 bits per heavy atom. The molecule has 20 heavy (non-hydrogen) atoms. The molecule has 1 N–H and O–H groups in total. The lowest BCUT2D eigenvalue weighted by Gasteiger charge is -2.26. The number of nitrogens with zero attached hydrogens (tertiary/aromatic N) is 1. The molecule has 1 amide bonds. The number of thiophene rings is 1. The Hall–Kier alpha value is -0.920. The van der Waals surface area contributed by atoms with Crippen LogP contribution in [0.5, 0.6) is 0 Å². The average Bonchev–Trinajstić information content (AvgIpc) is 2.92. The van der Waals surface area contributed by atoms with E-state index in [2.05, 4.69) is 4.72 Å². The molecule has 112 valence electrons. The van der Waals surface area contributed by atoms with Gasteiger partial charge in [-0.1, -0.05) is 19.4 Å². The van der Waals surface area contributed by atoms with Crippen molar-refractivity contribution >= 4 is 27.5 Å². The van der Waals surface area contributed by atoms with Gasteiger partial charge in [0.05, 0.1) is 0 Å². The van der Waals surface area contributed by atoms with Gasteiger partial charge in [-0.15, -0.1) is 11.3 Å². The molecule has 0 radical (unpaired) electrons. The number of hydrogen-bond donors (Lipinski definition) is 1. The molecule has 0 unspecified atom stereocenters. The Kier molecular flexibility index (Phi) is 5.17. The number of piperidine rings is 1. The van der Waals surface area contributed by atoms with Crippen LogP contribution in [0.1, 0.15) is 31.1 Å². The molecular weight excluding hydrogens is 296 g/mol. The van der Waals surface area contributed by atoms with Gasteiger partial charge in [0.15, 0.2) is 0 Å². The van der Waals surface area contributed by atoms with E-state index < -0.39 is 16.1 Å². The normalized spacial score (nSPS) is 18.6. The van der Waals surface area contributed by atoms with Crippen LogP contribution in [0.15, 0.2) is 17.5 Å². The van der Waals surface area contributed by atoms with Crippen LogP contribution in [0, 0.1) is 5.92 Å². The molecule has 1 fully saturated rings. The maximum atomic E-state index is 12.1. The lowest BCUT2D eigenvalue weighted by atomic mass is 10.1. The minimum Gasteiger partial charge on any atom is -0.274 e. The monoisotopic (exact) mass is 316 g/mol. The standard InChI is InChI=1S/C13H20N2O3S2/c1-11(10-12-6-5-9-19-12)13(16)14-20(17,18)15-7-3-2-4-8-15/h5-6,9,11H,2-4,7-8,10H2,1H3,(H,14,16)/t11-/m0/s1. The average molecular weight is 316 g/mol. The summed E-state index contributed by atoms with van der Waals surface area (Å²) in [5.74, 6) is -0.780. The van der Waals surface area contributed by atoms with Crippen LogP contribution < -0.4 is 4.72 Å². The smallest absolute Gasteiger partial charge is 0.274 e. The van der Waals surface area contributed by atoms with E-state index in [-0.39, 0.29) is 5.92 Å². The molecule has 2 heterocycles. The Labute approximate surface area is 124 Å². The molecule has 1 atom stereocenters. The number of amides is 1. The summed E-state index contributed by atoms with van der Waals surface area (Å²) in [5, 5.41) is 1.95. The minimum atomic E-state index is -3.67. The van der Waals surface area contributed by atoms with Gasteiger partial charge in [-0.2, -0.15) is 12.7 Å². The molecular formula is C13H20N2O3S2. The van der Waals surface area contributed by atoms with E-state index in [0.29, 0.717) is 19.5 Å². The molecule has 0 aliphatic carbocycles. The van der Waals surface area contributed by atoms with Crippen molar-refractivity contribution in [3.8, 4) is 0 Å². The SMILES string of the molecule is C[C@@H](Cc1cccs1)C(=O)NS(=O)(=O)N1CCCCC1. The van der Waals surface area contributed by atoms with Crippen molar-refractivity contribution in [2.75, 3.05) is 13.1 Å². The van der Waals surface area contributed by atoms with Crippen LogP contribution in [0.4, 0.5) is 0 Å². The molecule has 0 aromatic carbocycles. The first-order valence-electron chi connectivity index (χ1n) is 6.83. The summed E-state index contributed by atoms with van der Waals surface area (Å²) in [7, 11) is -3.67. The van der Waals surface area contributed by atoms with Gasteiger partial charge in [0.2, 0.25) is 5.91 Å². The predicted octanol–water partition coefficient (Wildman–Crippen LogP) is 1.77. The van der Waals surface area contributed by atoms with Crippen molar-refractivity contribution in [1.29, 1.82) is 0 Å². The molecule has 1 aliphatic rings. The van der Waals surface area contributed by atoms with Gasteiger partial charge in [-0.3, -0.25) is 4.79 Å². The van der Waals surface area contributed by atoms with Gasteiger partial charge in [-0.05, 0) is 30.7 Å². The van der Waals surface area contributed by atoms with Crippen LogP contribution >= 0.6 is 11.3 Å². The van der Waals surface area contributed by atoms with E-state index in [1.165, 1.54) is 4.31 Å². The lowest BCUT2D eigenvalue weighted by molar-refractivity contribution is -0.122. The zero-order valence-corrected chi connectivity index (χ0v) is 13.2. The molecule has 0 spiro atoms. The van der Waals surface area contributed by atoms with E-state index in [4.69, 9.17) is 0 Å². The van der Waals surface area contributed by atoms with E-state index in [1.54, 1.807) is 18.3 Å². The molecule has 7 heteroatoms. The summed E-state index contributed by atoms with van der Waals surface area (Å²) >= 11 is 1.57. The fourth-order valence-electron chi connectivity index (χ4n) is 2.22. The van der Waals surface area contributed by atoms with E-state index in [9.17, 15) is 13.2 Å². The third-order valence-corrected chi connectivity index (χ3v) is 5.82. The second-order valence-electron chi connectivity index (χ2n) is 5.12.